The number of benzene rings is 1. The number of hydrogen-bond acceptors (Lipinski definition) is 8. The molecule has 3 fully saturated rings. The standard InChI is InChI=1S/C32H43N3O8/c1-18(36)24-9-10-25-23-8-7-20-16-21(11-13-31(20,2)26(23)12-14-32(24,25)3)34-43-17-27(37)33-28(30(39)40)29(38)19-5-4-6-22(15-19)35(41)42/h4-6,15-16,23-26,28-29,35,38,41H,7-14,17H2,1-3H3,(H,33,37)(H,39,40)/t23-,24+,25+,26+,28+,29-,31+,32-/m1/s1. The molecule has 4 aliphatic carbocycles. The SMILES string of the molecule is CC(=O)[C@@H]1CC[C@H]2[C@H]3CCC4=CC(=NOCC(=O)N[C@H](C(=O)O)[C@H](O)c5cccc([NH+]([O-])O)c5)CC[C@]4(C)[C@H]3CC[C@]12C. The number of nitrogens with one attached hydrogen (secondary N) is 2. The smallest absolute Gasteiger partial charge is 0.329 e. The third kappa shape index (κ3) is 5.87. The Labute approximate surface area is 251 Å². The first kappa shape index (κ1) is 31.3. The molecule has 0 aromatic heterocycles. The molecule has 5 rings (SSSR count). The number of carbonyl (C=O) groups excluding carboxylic acids is 2. The molecule has 1 aromatic rings. The summed E-state index contributed by atoms with van der Waals surface area (Å²) in [6.07, 6.45) is 8.58. The number of carbonyl (C=O) groups is 3. The summed E-state index contributed by atoms with van der Waals surface area (Å²) < 4.78 is 0. The first-order valence-electron chi connectivity index (χ1n) is 15.3. The number of aliphatic hydroxyl groups is 1. The van der Waals surface area contributed by atoms with Crippen molar-refractivity contribution in [3.63, 3.8) is 0 Å². The van der Waals surface area contributed by atoms with Crippen LogP contribution < -0.4 is 10.5 Å². The van der Waals surface area contributed by atoms with Crippen LogP contribution >= 0.6 is 0 Å². The highest BCUT2D eigenvalue weighted by Gasteiger charge is 2.59. The quantitative estimate of drug-likeness (QED) is 0.270. The summed E-state index contributed by atoms with van der Waals surface area (Å²) in [6.45, 7) is 5.97. The lowest BCUT2D eigenvalue weighted by Crippen LogP contribution is -2.99. The number of carboxylic acids is 1. The van der Waals surface area contributed by atoms with E-state index >= 15 is 0 Å². The van der Waals surface area contributed by atoms with E-state index < -0.39 is 35.9 Å². The number of hydrogen-bond donors (Lipinski definition) is 5. The summed E-state index contributed by atoms with van der Waals surface area (Å²) in [7, 11) is 0. The van der Waals surface area contributed by atoms with Gasteiger partial charge in [-0.25, -0.2) is 10.0 Å². The fourth-order valence-corrected chi connectivity index (χ4v) is 9.02. The largest absolute Gasteiger partial charge is 0.595 e. The number of carboxylic acid groups (broad SMARTS) is 1. The first-order valence-corrected chi connectivity index (χ1v) is 15.3. The monoisotopic (exact) mass is 597 g/mol. The molecule has 0 saturated heterocycles. The first-order chi connectivity index (χ1) is 20.3. The highest BCUT2D eigenvalue weighted by molar-refractivity contribution is 5.96. The molecular formula is C32H43N3O8. The molecular weight excluding hydrogens is 554 g/mol. The van der Waals surface area contributed by atoms with Crippen molar-refractivity contribution in [2.75, 3.05) is 6.61 Å². The van der Waals surface area contributed by atoms with Gasteiger partial charge in [-0.1, -0.05) is 36.7 Å². The van der Waals surface area contributed by atoms with E-state index in [4.69, 9.17) is 4.84 Å². The second kappa shape index (κ2) is 12.1. The Morgan fingerprint density at radius 1 is 1.14 bits per heavy atom. The second-order valence-corrected chi connectivity index (χ2v) is 13.4. The van der Waals surface area contributed by atoms with E-state index in [0.29, 0.717) is 30.0 Å². The maximum Gasteiger partial charge on any atom is 0.329 e. The minimum atomic E-state index is -1.71. The Morgan fingerprint density at radius 3 is 2.60 bits per heavy atom. The number of fused-ring (bicyclic) bond motifs is 5. The zero-order valence-corrected chi connectivity index (χ0v) is 25.0. The second-order valence-electron chi connectivity index (χ2n) is 13.4. The summed E-state index contributed by atoms with van der Waals surface area (Å²) in [5.74, 6) is 0.109. The van der Waals surface area contributed by atoms with Gasteiger partial charge in [-0.2, -0.15) is 5.23 Å². The van der Waals surface area contributed by atoms with E-state index in [-0.39, 0.29) is 28.0 Å². The Bertz CT molecular complexity index is 1330. The van der Waals surface area contributed by atoms with Crippen LogP contribution in [-0.2, 0) is 19.2 Å². The number of allylic oxidation sites excluding steroid dienone is 2. The van der Waals surface area contributed by atoms with Crippen molar-refractivity contribution in [3.8, 4) is 0 Å². The van der Waals surface area contributed by atoms with Crippen LogP contribution in [0.4, 0.5) is 5.69 Å². The summed E-state index contributed by atoms with van der Waals surface area (Å²) in [6, 6.07) is 3.56. The summed E-state index contributed by atoms with van der Waals surface area (Å²) >= 11 is 0. The zero-order valence-electron chi connectivity index (χ0n) is 25.0. The molecule has 9 atom stereocenters. The molecule has 11 nitrogen and oxygen atoms in total. The van der Waals surface area contributed by atoms with Crippen LogP contribution in [0.1, 0.15) is 83.8 Å². The maximum atomic E-state index is 12.5. The molecule has 1 amide bonds. The number of rotatable bonds is 9. The Hall–Kier alpha value is -3.12. The molecule has 1 aromatic carbocycles. The van der Waals surface area contributed by atoms with Gasteiger partial charge in [0.05, 0.1) is 5.71 Å². The fourth-order valence-electron chi connectivity index (χ4n) is 9.02. The van der Waals surface area contributed by atoms with Gasteiger partial charge in [0, 0.05) is 18.1 Å². The number of ketones is 1. The molecule has 0 heterocycles. The van der Waals surface area contributed by atoms with Gasteiger partial charge in [-0.3, -0.25) is 9.59 Å². The Balaban J connectivity index is 1.20. The lowest BCUT2D eigenvalue weighted by atomic mass is 9.46. The normalized spacial score (nSPS) is 34.6. The van der Waals surface area contributed by atoms with Crippen molar-refractivity contribution < 1.29 is 39.9 Å². The number of aliphatic hydroxyl groups excluding tert-OH is 1. The van der Waals surface area contributed by atoms with E-state index in [9.17, 15) is 35.0 Å². The van der Waals surface area contributed by atoms with Crippen molar-refractivity contribution >= 4 is 29.1 Å². The van der Waals surface area contributed by atoms with E-state index in [0.717, 1.165) is 56.7 Å². The third-order valence-corrected chi connectivity index (χ3v) is 11.2. The Kier molecular flexibility index (Phi) is 8.82. The highest BCUT2D eigenvalue weighted by atomic mass is 16.8. The van der Waals surface area contributed by atoms with Gasteiger partial charge in [0.25, 0.3) is 5.91 Å². The van der Waals surface area contributed by atoms with Crippen LogP contribution in [-0.4, -0.2) is 51.4 Å². The molecule has 0 aliphatic heterocycles. The minimum absolute atomic E-state index is 0.0505. The Morgan fingerprint density at radius 2 is 1.91 bits per heavy atom. The molecule has 234 valence electrons. The van der Waals surface area contributed by atoms with Crippen molar-refractivity contribution in [2.24, 2.45) is 39.7 Å². The molecule has 0 radical (unpaired) electrons. The zero-order chi connectivity index (χ0) is 31.1. The summed E-state index contributed by atoms with van der Waals surface area (Å²) in [5, 5.41) is 45.8. The van der Waals surface area contributed by atoms with Crippen LogP contribution in [0.5, 0.6) is 0 Å². The van der Waals surface area contributed by atoms with Crippen molar-refractivity contribution in [1.29, 1.82) is 0 Å². The lowest BCUT2D eigenvalue weighted by Gasteiger charge is -2.58. The summed E-state index contributed by atoms with van der Waals surface area (Å²) in [5.41, 5.74) is 2.26. The average Bonchev–Trinajstić information content (AvgIpc) is 3.33. The van der Waals surface area contributed by atoms with Crippen LogP contribution in [0, 0.1) is 39.7 Å². The number of nitrogens with zero attached hydrogens (tertiary/aromatic N) is 1. The van der Waals surface area contributed by atoms with Crippen LogP contribution in [0.25, 0.3) is 0 Å². The molecule has 0 spiro atoms. The molecule has 43 heavy (non-hydrogen) atoms. The fraction of sp³-hybridized carbons (Fsp3) is 0.625. The van der Waals surface area contributed by atoms with Crippen LogP contribution in [0.15, 0.2) is 41.1 Å². The molecule has 4 aliphatic rings. The molecule has 11 heteroatoms. The van der Waals surface area contributed by atoms with Gasteiger partial charge in [0.15, 0.2) is 18.3 Å². The molecule has 1 unspecified atom stereocenters. The van der Waals surface area contributed by atoms with E-state index in [1.165, 1.54) is 23.8 Å². The van der Waals surface area contributed by atoms with Crippen LogP contribution in [0.3, 0.4) is 0 Å². The third-order valence-electron chi connectivity index (χ3n) is 11.2. The van der Waals surface area contributed by atoms with Gasteiger partial charge < -0.3 is 25.6 Å². The van der Waals surface area contributed by atoms with Gasteiger partial charge >= 0.3 is 5.97 Å². The number of quaternary nitrogens is 1. The number of aliphatic carboxylic acids is 1. The van der Waals surface area contributed by atoms with Gasteiger partial charge in [-0.05, 0) is 98.5 Å². The van der Waals surface area contributed by atoms with Gasteiger partial charge in [0.1, 0.15) is 11.9 Å². The van der Waals surface area contributed by atoms with Crippen molar-refractivity contribution in [2.45, 2.75) is 84.3 Å². The molecule has 5 N–H and O–H groups in total. The topological polar surface area (TPSA) is 173 Å². The van der Waals surface area contributed by atoms with E-state index in [1.54, 1.807) is 6.92 Å². The number of oxime groups is 1. The number of amides is 1. The van der Waals surface area contributed by atoms with Crippen molar-refractivity contribution in [1.82, 2.24) is 5.32 Å². The van der Waals surface area contributed by atoms with Gasteiger partial charge in [-0.15, -0.1) is 0 Å². The minimum Gasteiger partial charge on any atom is -0.595 e. The summed E-state index contributed by atoms with van der Waals surface area (Å²) in [4.78, 5) is 42.0. The molecule has 0 bridgehead atoms. The van der Waals surface area contributed by atoms with E-state index in [2.05, 4.69) is 30.4 Å². The van der Waals surface area contributed by atoms with Crippen LogP contribution in [0.2, 0.25) is 0 Å². The average molecular weight is 598 g/mol. The number of Topliss-reactive ketones (excluding diaryl/α,β-unsaturated/α-hetero) is 1. The van der Waals surface area contributed by atoms with Crippen molar-refractivity contribution in [3.05, 3.63) is 46.7 Å². The lowest BCUT2D eigenvalue weighted by molar-refractivity contribution is -0.991. The highest BCUT2D eigenvalue weighted by Crippen LogP contribution is 2.66. The molecule has 3 saturated carbocycles. The predicted octanol–water partition coefficient (Wildman–Crippen LogP) is 3.23. The predicted molar refractivity (Wildman–Crippen MR) is 156 cm³/mol. The van der Waals surface area contributed by atoms with Gasteiger partial charge in [0.2, 0.25) is 0 Å². The maximum absolute atomic E-state index is 12.5. The van der Waals surface area contributed by atoms with E-state index in [1.807, 2.05) is 0 Å².